The van der Waals surface area contributed by atoms with Crippen LogP contribution in [0.1, 0.15) is 6.92 Å². The first-order chi connectivity index (χ1) is 5.49. The van der Waals surface area contributed by atoms with Gasteiger partial charge in [-0.25, -0.2) is 9.18 Å². The van der Waals surface area contributed by atoms with Gasteiger partial charge >= 0.3 is 5.97 Å². The standard InChI is InChI=1S/C7H7ClFNO2/c1-2-4(9)3-5(6(8)10)7(11)12/h2-3,10H,1H3,(H,11,12)/b4-2+,5-3+,10-6?. The quantitative estimate of drug-likeness (QED) is 0.408. The van der Waals surface area contributed by atoms with Crippen molar-refractivity contribution < 1.29 is 14.3 Å². The van der Waals surface area contributed by atoms with Crippen molar-refractivity contribution in [3.63, 3.8) is 0 Å². The minimum Gasteiger partial charge on any atom is -0.478 e. The Hall–Kier alpha value is -1.16. The second-order valence-electron chi connectivity index (χ2n) is 1.85. The molecule has 0 fully saturated rings. The summed E-state index contributed by atoms with van der Waals surface area (Å²) in [4.78, 5) is 10.3. The first kappa shape index (κ1) is 10.8. The van der Waals surface area contributed by atoms with Crippen LogP contribution in [0.2, 0.25) is 0 Å². The lowest BCUT2D eigenvalue weighted by Crippen LogP contribution is -2.06. The average molecular weight is 192 g/mol. The van der Waals surface area contributed by atoms with Crippen LogP contribution in [0.25, 0.3) is 0 Å². The van der Waals surface area contributed by atoms with Crippen molar-refractivity contribution in [3.05, 3.63) is 23.6 Å². The summed E-state index contributed by atoms with van der Waals surface area (Å²) in [5, 5.41) is 14.5. The molecule has 0 aliphatic carbocycles. The van der Waals surface area contributed by atoms with E-state index in [0.717, 1.165) is 6.08 Å². The SMILES string of the molecule is C/C=C(F)\C=C(/C(=N)Cl)C(=O)O. The number of nitrogens with one attached hydrogen (secondary N) is 1. The average Bonchev–Trinajstić information content (AvgIpc) is 1.98. The minimum atomic E-state index is -1.42. The first-order valence-electron chi connectivity index (χ1n) is 3.00. The van der Waals surface area contributed by atoms with Crippen LogP contribution in [0.5, 0.6) is 0 Å². The molecule has 0 radical (unpaired) electrons. The molecule has 0 saturated carbocycles. The predicted molar refractivity (Wildman–Crippen MR) is 44.2 cm³/mol. The third-order valence-electron chi connectivity index (χ3n) is 1.02. The van der Waals surface area contributed by atoms with Gasteiger partial charge in [0, 0.05) is 0 Å². The Morgan fingerprint density at radius 1 is 1.67 bits per heavy atom. The molecule has 12 heavy (non-hydrogen) atoms. The van der Waals surface area contributed by atoms with Crippen LogP contribution in [0, 0.1) is 5.41 Å². The van der Waals surface area contributed by atoms with Gasteiger partial charge < -0.3 is 5.11 Å². The molecule has 66 valence electrons. The van der Waals surface area contributed by atoms with Gasteiger partial charge in [0.05, 0.1) is 5.57 Å². The Kier molecular flexibility index (Phi) is 4.21. The van der Waals surface area contributed by atoms with Crippen molar-refractivity contribution in [2.75, 3.05) is 0 Å². The summed E-state index contributed by atoms with van der Waals surface area (Å²) in [6.45, 7) is 1.41. The Labute approximate surface area is 73.7 Å². The summed E-state index contributed by atoms with van der Waals surface area (Å²) < 4.78 is 12.5. The molecule has 0 aliphatic rings. The predicted octanol–water partition coefficient (Wildman–Crippen LogP) is 2.09. The highest BCUT2D eigenvalue weighted by atomic mass is 35.5. The van der Waals surface area contributed by atoms with Crippen LogP contribution in [-0.4, -0.2) is 16.2 Å². The monoisotopic (exact) mass is 191 g/mol. The van der Waals surface area contributed by atoms with E-state index in [1.54, 1.807) is 0 Å². The fourth-order valence-corrected chi connectivity index (χ4v) is 0.576. The molecule has 5 heteroatoms. The number of hydrogen-bond acceptors (Lipinski definition) is 2. The van der Waals surface area contributed by atoms with Gasteiger partial charge in [0.25, 0.3) is 0 Å². The normalized spacial score (nSPS) is 12.9. The highest BCUT2D eigenvalue weighted by molar-refractivity contribution is 6.71. The van der Waals surface area contributed by atoms with Gasteiger partial charge in [-0.3, -0.25) is 5.41 Å². The molecule has 3 nitrogen and oxygen atoms in total. The van der Waals surface area contributed by atoms with E-state index in [-0.39, 0.29) is 0 Å². The van der Waals surface area contributed by atoms with Gasteiger partial charge in [-0.15, -0.1) is 0 Å². The maximum atomic E-state index is 12.5. The van der Waals surface area contributed by atoms with Crippen LogP contribution >= 0.6 is 11.6 Å². The summed E-state index contributed by atoms with van der Waals surface area (Å²) >= 11 is 5.08. The number of carboxylic acid groups (broad SMARTS) is 1. The molecule has 2 N–H and O–H groups in total. The fourth-order valence-electron chi connectivity index (χ4n) is 0.440. The van der Waals surface area contributed by atoms with Crippen LogP contribution in [0.15, 0.2) is 23.6 Å². The zero-order valence-electron chi connectivity index (χ0n) is 6.27. The number of hydrogen-bond donors (Lipinski definition) is 2. The van der Waals surface area contributed by atoms with E-state index in [9.17, 15) is 9.18 Å². The minimum absolute atomic E-state index is 0.563. The molecule has 0 amide bonds. The van der Waals surface area contributed by atoms with Crippen molar-refractivity contribution in [2.24, 2.45) is 0 Å². The van der Waals surface area contributed by atoms with Crippen LogP contribution in [0.4, 0.5) is 4.39 Å². The highest BCUT2D eigenvalue weighted by Gasteiger charge is 2.11. The molecular weight excluding hydrogens is 185 g/mol. The lowest BCUT2D eigenvalue weighted by molar-refractivity contribution is -0.132. The zero-order valence-corrected chi connectivity index (χ0v) is 7.02. The fraction of sp³-hybridized carbons (Fsp3) is 0.143. The van der Waals surface area contributed by atoms with E-state index in [1.165, 1.54) is 6.92 Å². The largest absolute Gasteiger partial charge is 0.478 e. The topological polar surface area (TPSA) is 61.2 Å². The number of carbonyl (C=O) groups is 1. The van der Waals surface area contributed by atoms with E-state index in [0.29, 0.717) is 6.08 Å². The number of carboxylic acids is 1. The van der Waals surface area contributed by atoms with Crippen molar-refractivity contribution in [3.8, 4) is 0 Å². The zero-order chi connectivity index (χ0) is 9.72. The number of halogens is 2. The smallest absolute Gasteiger partial charge is 0.338 e. The molecule has 0 unspecified atom stereocenters. The van der Waals surface area contributed by atoms with E-state index < -0.39 is 22.5 Å². The Bertz CT molecular complexity index is 255. The van der Waals surface area contributed by atoms with Gasteiger partial charge in [0.15, 0.2) is 0 Å². The molecule has 0 saturated heterocycles. The van der Waals surface area contributed by atoms with Crippen LogP contribution in [0.3, 0.4) is 0 Å². The van der Waals surface area contributed by atoms with Gasteiger partial charge in [-0.2, -0.15) is 0 Å². The van der Waals surface area contributed by atoms with Gasteiger partial charge in [0.2, 0.25) is 0 Å². The molecule has 0 heterocycles. The third-order valence-corrected chi connectivity index (χ3v) is 1.23. The maximum Gasteiger partial charge on any atom is 0.338 e. The molecule has 0 atom stereocenters. The van der Waals surface area contributed by atoms with E-state index in [1.807, 2.05) is 0 Å². The Morgan fingerprint density at radius 2 is 2.17 bits per heavy atom. The first-order valence-corrected chi connectivity index (χ1v) is 3.38. The van der Waals surface area contributed by atoms with Crippen molar-refractivity contribution in [1.82, 2.24) is 0 Å². The number of allylic oxidation sites excluding steroid dienone is 3. The summed E-state index contributed by atoms with van der Waals surface area (Å²) in [7, 11) is 0. The van der Waals surface area contributed by atoms with E-state index in [4.69, 9.17) is 22.1 Å². The molecule has 0 spiro atoms. The number of rotatable bonds is 3. The molecule has 0 rings (SSSR count). The summed E-state index contributed by atoms with van der Waals surface area (Å²) in [5.41, 5.74) is -0.563. The van der Waals surface area contributed by atoms with Crippen molar-refractivity contribution in [1.29, 1.82) is 5.41 Å². The maximum absolute atomic E-state index is 12.5. The van der Waals surface area contributed by atoms with E-state index in [2.05, 4.69) is 0 Å². The molecule has 0 aromatic heterocycles. The van der Waals surface area contributed by atoms with Crippen LogP contribution in [-0.2, 0) is 4.79 Å². The molecule has 0 aromatic carbocycles. The second kappa shape index (κ2) is 4.66. The number of aliphatic carboxylic acids is 1. The molecular formula is C7H7ClFNO2. The van der Waals surface area contributed by atoms with Crippen molar-refractivity contribution in [2.45, 2.75) is 6.92 Å². The lowest BCUT2D eigenvalue weighted by Gasteiger charge is -1.94. The Balaban J connectivity index is 4.87. The van der Waals surface area contributed by atoms with Gasteiger partial charge in [-0.1, -0.05) is 17.7 Å². The summed E-state index contributed by atoms with van der Waals surface area (Å²) in [5.74, 6) is -2.16. The van der Waals surface area contributed by atoms with Gasteiger partial charge in [0.1, 0.15) is 11.0 Å². The molecule has 0 bridgehead atoms. The molecule has 0 aliphatic heterocycles. The van der Waals surface area contributed by atoms with E-state index >= 15 is 0 Å². The summed E-state index contributed by atoms with van der Waals surface area (Å²) in [6, 6.07) is 0. The second-order valence-corrected chi connectivity index (χ2v) is 2.23. The Morgan fingerprint density at radius 3 is 2.42 bits per heavy atom. The summed E-state index contributed by atoms with van der Waals surface area (Å²) in [6.07, 6.45) is 1.76. The highest BCUT2D eigenvalue weighted by Crippen LogP contribution is 2.07. The third kappa shape index (κ3) is 3.30. The lowest BCUT2D eigenvalue weighted by atomic mass is 10.2. The molecule has 0 aromatic rings. The van der Waals surface area contributed by atoms with Crippen molar-refractivity contribution >= 4 is 22.7 Å². The van der Waals surface area contributed by atoms with Crippen LogP contribution < -0.4 is 0 Å². The van der Waals surface area contributed by atoms with Gasteiger partial charge in [-0.05, 0) is 13.0 Å².